The molecule has 1 aromatic carbocycles. The van der Waals surface area contributed by atoms with Gasteiger partial charge in [-0.2, -0.15) is 13.2 Å². The maximum absolute atomic E-state index is 12.9. The number of nitrogens with zero attached hydrogens (tertiary/aromatic N) is 1. The van der Waals surface area contributed by atoms with Crippen molar-refractivity contribution < 1.29 is 33.0 Å². The fraction of sp³-hybridized carbons (Fsp3) is 0.368. The minimum absolute atomic E-state index is 0.0897. The van der Waals surface area contributed by atoms with E-state index < -0.39 is 17.6 Å². The predicted octanol–water partition coefficient (Wildman–Crippen LogP) is 0.469. The van der Waals surface area contributed by atoms with E-state index in [4.69, 9.17) is 5.11 Å². The van der Waals surface area contributed by atoms with Crippen LogP contribution in [-0.4, -0.2) is 50.3 Å². The summed E-state index contributed by atoms with van der Waals surface area (Å²) in [6, 6.07) is 7.89. The van der Waals surface area contributed by atoms with Crippen molar-refractivity contribution in [3.63, 3.8) is 0 Å². The Morgan fingerprint density at radius 2 is 1.96 bits per heavy atom. The van der Waals surface area contributed by atoms with Crippen molar-refractivity contribution in [2.45, 2.75) is 6.18 Å². The van der Waals surface area contributed by atoms with Gasteiger partial charge in [-0.3, -0.25) is 4.79 Å². The molecule has 3 rings (SSSR count). The van der Waals surface area contributed by atoms with Crippen LogP contribution < -0.4 is 20.1 Å². The lowest BCUT2D eigenvalue weighted by molar-refractivity contribution is -0.901. The molecule has 0 bridgehead atoms. The van der Waals surface area contributed by atoms with Gasteiger partial charge in [0.25, 0.3) is 11.7 Å². The van der Waals surface area contributed by atoms with Gasteiger partial charge in [-0.05, 0) is 30.3 Å². The smallest absolute Gasteiger partial charge is 0.391 e. The maximum atomic E-state index is 12.9. The van der Waals surface area contributed by atoms with Gasteiger partial charge in [0.05, 0.1) is 18.4 Å². The summed E-state index contributed by atoms with van der Waals surface area (Å²) in [4.78, 5) is 19.1. The average molecular weight is 396 g/mol. The molecular weight excluding hydrogens is 373 g/mol. The number of piperazine rings is 1. The van der Waals surface area contributed by atoms with Crippen LogP contribution in [0.2, 0.25) is 0 Å². The number of H-pyrrole nitrogens is 1. The average Bonchev–Trinajstić information content (AvgIpc) is 2.68. The number of aliphatic hydroxyl groups excluding tert-OH is 1. The summed E-state index contributed by atoms with van der Waals surface area (Å²) >= 11 is 0. The zero-order valence-electron chi connectivity index (χ0n) is 15.2. The lowest BCUT2D eigenvalue weighted by atomic mass is 10.1. The zero-order chi connectivity index (χ0) is 20.1. The Hall–Kier alpha value is -2.65. The molecular formula is C19H23F3N4O2+2. The minimum atomic E-state index is -4.47. The summed E-state index contributed by atoms with van der Waals surface area (Å²) in [6.07, 6.45) is -2.76. The molecule has 0 unspecified atom stereocenters. The van der Waals surface area contributed by atoms with Crippen molar-refractivity contribution in [3.8, 4) is 0 Å². The van der Waals surface area contributed by atoms with Crippen LogP contribution in [-0.2, 0) is 6.18 Å². The first-order chi connectivity index (χ1) is 13.4. The number of carbonyl (C=O) groups excluding carboxylic acids is 1. The number of rotatable bonds is 5. The van der Waals surface area contributed by atoms with Crippen LogP contribution in [0.5, 0.6) is 0 Å². The maximum Gasteiger partial charge on any atom is 0.416 e. The fourth-order valence-electron chi connectivity index (χ4n) is 3.30. The number of alkyl halides is 3. The van der Waals surface area contributed by atoms with E-state index in [0.717, 1.165) is 25.2 Å². The molecule has 0 radical (unpaired) electrons. The predicted molar refractivity (Wildman–Crippen MR) is 97.3 cm³/mol. The standard InChI is InChI=1S/C19H21F3N4O2/c20-19(21,22)14-3-1-4-15(13-14)24-18(28)16-5-2-6-23-17(16)26-9-7-25(8-10-26)11-12-27/h1-6,13,27H,7-12H2,(H,24,28)/p+2. The second-order valence-corrected chi connectivity index (χ2v) is 6.68. The number of carbonyl (C=O) groups is 1. The SMILES string of the molecule is O=C(Nc1cccc(C(F)(F)F)c1)c1ccc[nH+]c1N1CC[NH+](CCO)CC1. The fourth-order valence-corrected chi connectivity index (χ4v) is 3.30. The highest BCUT2D eigenvalue weighted by Gasteiger charge is 2.32. The number of amides is 1. The molecule has 1 aliphatic heterocycles. The molecule has 2 heterocycles. The van der Waals surface area contributed by atoms with Gasteiger partial charge in [-0.15, -0.1) is 0 Å². The molecule has 0 atom stereocenters. The third kappa shape index (κ3) is 4.79. The molecule has 6 nitrogen and oxygen atoms in total. The van der Waals surface area contributed by atoms with Crippen LogP contribution in [0.25, 0.3) is 0 Å². The van der Waals surface area contributed by atoms with Crippen molar-refractivity contribution in [2.24, 2.45) is 0 Å². The molecule has 4 N–H and O–H groups in total. The second kappa shape index (κ2) is 8.57. The van der Waals surface area contributed by atoms with Gasteiger partial charge in [0, 0.05) is 5.69 Å². The number of pyridine rings is 1. The van der Waals surface area contributed by atoms with Gasteiger partial charge >= 0.3 is 6.18 Å². The normalized spacial score (nSPS) is 15.5. The Balaban J connectivity index is 1.75. The quantitative estimate of drug-likeness (QED) is 0.688. The number of nitrogens with one attached hydrogen (secondary N) is 3. The third-order valence-corrected chi connectivity index (χ3v) is 4.78. The third-order valence-electron chi connectivity index (χ3n) is 4.78. The summed E-state index contributed by atoms with van der Waals surface area (Å²) < 4.78 is 38.6. The number of hydrogen-bond acceptors (Lipinski definition) is 3. The van der Waals surface area contributed by atoms with Gasteiger partial charge in [0.15, 0.2) is 0 Å². The largest absolute Gasteiger partial charge is 0.416 e. The van der Waals surface area contributed by atoms with Crippen molar-refractivity contribution in [2.75, 3.05) is 49.5 Å². The number of benzene rings is 1. The number of aromatic nitrogens is 1. The first-order valence-electron chi connectivity index (χ1n) is 9.07. The number of quaternary nitrogens is 1. The first kappa shape index (κ1) is 20.1. The molecule has 150 valence electrons. The van der Waals surface area contributed by atoms with E-state index in [2.05, 4.69) is 10.3 Å². The number of anilines is 2. The monoisotopic (exact) mass is 396 g/mol. The second-order valence-electron chi connectivity index (χ2n) is 6.68. The lowest BCUT2D eigenvalue weighted by Gasteiger charge is -2.28. The topological polar surface area (TPSA) is 71.2 Å². The van der Waals surface area contributed by atoms with E-state index in [1.807, 2.05) is 4.90 Å². The van der Waals surface area contributed by atoms with Gasteiger partial charge in [-0.25, -0.2) is 9.88 Å². The number of halogens is 3. The number of hydrogen-bond donors (Lipinski definition) is 3. The zero-order valence-corrected chi connectivity index (χ0v) is 15.2. The molecule has 1 aromatic heterocycles. The van der Waals surface area contributed by atoms with Gasteiger partial charge in [0.1, 0.15) is 38.3 Å². The molecule has 0 spiro atoms. The highest BCUT2D eigenvalue weighted by molar-refractivity contribution is 6.07. The van der Waals surface area contributed by atoms with Gasteiger partial charge < -0.3 is 15.3 Å². The van der Waals surface area contributed by atoms with E-state index in [1.54, 1.807) is 18.3 Å². The van der Waals surface area contributed by atoms with E-state index >= 15 is 0 Å². The van der Waals surface area contributed by atoms with Crippen LogP contribution in [0.15, 0.2) is 42.6 Å². The highest BCUT2D eigenvalue weighted by atomic mass is 19.4. The first-order valence-corrected chi connectivity index (χ1v) is 9.07. The lowest BCUT2D eigenvalue weighted by Crippen LogP contribution is -3.15. The molecule has 0 saturated carbocycles. The molecule has 1 amide bonds. The molecule has 1 fully saturated rings. The molecule has 1 saturated heterocycles. The Morgan fingerprint density at radius 1 is 1.21 bits per heavy atom. The summed E-state index contributed by atoms with van der Waals surface area (Å²) in [7, 11) is 0. The Labute approximate surface area is 160 Å². The summed E-state index contributed by atoms with van der Waals surface area (Å²) in [6.45, 7) is 3.90. The van der Waals surface area contributed by atoms with E-state index in [-0.39, 0.29) is 12.3 Å². The van der Waals surface area contributed by atoms with E-state index in [1.165, 1.54) is 17.0 Å². The molecule has 1 aliphatic rings. The van der Waals surface area contributed by atoms with E-state index in [9.17, 15) is 18.0 Å². The van der Waals surface area contributed by atoms with Gasteiger partial charge in [0.2, 0.25) is 0 Å². The number of aliphatic hydroxyl groups is 1. The summed E-state index contributed by atoms with van der Waals surface area (Å²) in [5.74, 6) is 0.159. The molecule has 9 heteroatoms. The van der Waals surface area contributed by atoms with Crippen LogP contribution in [0, 0.1) is 0 Å². The Kier molecular flexibility index (Phi) is 6.15. The number of aromatic amines is 1. The van der Waals surface area contributed by atoms with Crippen LogP contribution >= 0.6 is 0 Å². The van der Waals surface area contributed by atoms with Crippen molar-refractivity contribution in [1.82, 2.24) is 0 Å². The van der Waals surface area contributed by atoms with Crippen molar-refractivity contribution >= 4 is 17.4 Å². The molecule has 2 aromatic rings. The molecule has 0 aliphatic carbocycles. The molecule has 28 heavy (non-hydrogen) atoms. The highest BCUT2D eigenvalue weighted by Crippen LogP contribution is 2.30. The minimum Gasteiger partial charge on any atom is -0.391 e. The Morgan fingerprint density at radius 3 is 2.64 bits per heavy atom. The van der Waals surface area contributed by atoms with Crippen molar-refractivity contribution in [1.29, 1.82) is 0 Å². The van der Waals surface area contributed by atoms with Crippen LogP contribution in [0.3, 0.4) is 0 Å². The summed E-state index contributed by atoms with van der Waals surface area (Å²) in [5.41, 5.74) is -0.356. The van der Waals surface area contributed by atoms with Crippen LogP contribution in [0.1, 0.15) is 15.9 Å². The summed E-state index contributed by atoms with van der Waals surface area (Å²) in [5, 5.41) is 11.6. The van der Waals surface area contributed by atoms with Crippen LogP contribution in [0.4, 0.5) is 24.7 Å². The van der Waals surface area contributed by atoms with Gasteiger partial charge in [-0.1, -0.05) is 6.07 Å². The van der Waals surface area contributed by atoms with E-state index in [0.29, 0.717) is 31.0 Å². The Bertz CT molecular complexity index is 821. The van der Waals surface area contributed by atoms with Crippen molar-refractivity contribution in [3.05, 3.63) is 53.7 Å².